The summed E-state index contributed by atoms with van der Waals surface area (Å²) in [5.74, 6) is 1.86. The number of benzene rings is 1. The summed E-state index contributed by atoms with van der Waals surface area (Å²) in [5, 5.41) is 2.93. The highest BCUT2D eigenvalue weighted by Crippen LogP contribution is 2.52. The van der Waals surface area contributed by atoms with E-state index in [0.29, 0.717) is 29.7 Å². The third-order valence-electron chi connectivity index (χ3n) is 4.50. The quantitative estimate of drug-likeness (QED) is 0.593. The Kier molecular flexibility index (Phi) is 10.0. The molecule has 3 N–H and O–H groups in total. The van der Waals surface area contributed by atoms with E-state index in [1.165, 1.54) is 0 Å². The highest BCUT2D eigenvalue weighted by Gasteiger charge is 2.50. The number of nitrogens with two attached hydrogens (primary N) is 1. The van der Waals surface area contributed by atoms with Gasteiger partial charge in [0.1, 0.15) is 12.0 Å². The van der Waals surface area contributed by atoms with Gasteiger partial charge in [-0.1, -0.05) is 41.5 Å². The lowest BCUT2D eigenvalue weighted by Crippen LogP contribution is -2.16. The number of nitrogen functional groups attached to an aromatic ring is 1. The van der Waals surface area contributed by atoms with E-state index in [1.54, 1.807) is 30.5 Å². The molecule has 0 radical (unpaired) electrons. The van der Waals surface area contributed by atoms with Crippen LogP contribution in [0.3, 0.4) is 0 Å². The van der Waals surface area contributed by atoms with Crippen molar-refractivity contribution in [3.05, 3.63) is 42.6 Å². The molecule has 1 aromatic heterocycles. The van der Waals surface area contributed by atoms with Crippen molar-refractivity contribution in [1.82, 2.24) is 4.98 Å². The number of aldehydes is 1. The Hall–Kier alpha value is -2.89. The van der Waals surface area contributed by atoms with Gasteiger partial charge in [-0.05, 0) is 48.1 Å². The Bertz CT molecular complexity index is 784. The number of hydrogen-bond acceptors (Lipinski definition) is 5. The number of nitrogens with one attached hydrogen (secondary N) is 1. The van der Waals surface area contributed by atoms with Gasteiger partial charge in [-0.25, -0.2) is 4.98 Å². The molecule has 3 rings (SSSR count). The van der Waals surface area contributed by atoms with Gasteiger partial charge in [0, 0.05) is 24.1 Å². The standard InChI is InChI=1S/C17H19N3O2.C5H10O.C2H6/c1-17(2)9-14(17)16(21)20-12-4-6-13(7-5-12)22-15-8-3-11(18)10-19-15;1-5(2)3-4-6;1-2/h3-8,10,14H,9,18H2,1-2H3,(H,20,21);4-5H,3H2,1-2H3;1-2H3. The average molecular weight is 414 g/mol. The number of ether oxygens (including phenoxy) is 1. The lowest BCUT2D eigenvalue weighted by atomic mass is 10.1. The second-order valence-electron chi connectivity index (χ2n) is 8.09. The maximum atomic E-state index is 12.0. The maximum Gasteiger partial charge on any atom is 0.228 e. The van der Waals surface area contributed by atoms with Crippen molar-refractivity contribution < 1.29 is 14.3 Å². The van der Waals surface area contributed by atoms with Crippen LogP contribution in [0.4, 0.5) is 11.4 Å². The van der Waals surface area contributed by atoms with Gasteiger partial charge < -0.3 is 20.6 Å². The van der Waals surface area contributed by atoms with E-state index in [1.807, 2.05) is 39.8 Å². The smallest absolute Gasteiger partial charge is 0.228 e. The van der Waals surface area contributed by atoms with Crippen LogP contribution in [0.25, 0.3) is 0 Å². The first-order chi connectivity index (χ1) is 14.2. The van der Waals surface area contributed by atoms with Crippen LogP contribution in [0.1, 0.15) is 54.4 Å². The Labute approximate surface area is 180 Å². The molecular weight excluding hydrogens is 378 g/mol. The van der Waals surface area contributed by atoms with Crippen LogP contribution in [0.15, 0.2) is 42.6 Å². The highest BCUT2D eigenvalue weighted by molar-refractivity contribution is 5.95. The van der Waals surface area contributed by atoms with Crippen molar-refractivity contribution in [2.45, 2.75) is 54.4 Å². The predicted molar refractivity (Wildman–Crippen MR) is 123 cm³/mol. The molecule has 0 spiro atoms. The van der Waals surface area contributed by atoms with E-state index in [9.17, 15) is 9.59 Å². The van der Waals surface area contributed by atoms with E-state index in [2.05, 4.69) is 24.1 Å². The van der Waals surface area contributed by atoms with E-state index in [-0.39, 0.29) is 17.2 Å². The highest BCUT2D eigenvalue weighted by atomic mass is 16.5. The molecule has 1 unspecified atom stereocenters. The van der Waals surface area contributed by atoms with Crippen molar-refractivity contribution >= 4 is 23.6 Å². The lowest BCUT2D eigenvalue weighted by Gasteiger charge is -2.08. The number of rotatable bonds is 6. The summed E-state index contributed by atoms with van der Waals surface area (Å²) in [6.07, 6.45) is 4.13. The van der Waals surface area contributed by atoms with Crippen LogP contribution in [0.2, 0.25) is 0 Å². The van der Waals surface area contributed by atoms with Gasteiger partial charge in [-0.2, -0.15) is 0 Å². The molecule has 0 aliphatic heterocycles. The molecule has 2 aromatic rings. The number of hydrogen-bond donors (Lipinski definition) is 2. The van der Waals surface area contributed by atoms with Gasteiger partial charge in [0.2, 0.25) is 11.8 Å². The zero-order chi connectivity index (χ0) is 22.7. The fourth-order valence-electron chi connectivity index (χ4n) is 2.52. The number of amides is 1. The molecular formula is C24H35N3O3. The summed E-state index contributed by atoms with van der Waals surface area (Å²) in [6.45, 7) is 12.3. The number of anilines is 2. The molecule has 1 aromatic carbocycles. The van der Waals surface area contributed by atoms with Crippen LogP contribution < -0.4 is 15.8 Å². The Morgan fingerprint density at radius 2 is 1.83 bits per heavy atom. The third-order valence-corrected chi connectivity index (χ3v) is 4.50. The summed E-state index contributed by atoms with van der Waals surface area (Å²) in [4.78, 5) is 25.7. The number of aromatic nitrogens is 1. The number of carbonyl (C=O) groups is 2. The van der Waals surface area contributed by atoms with E-state index < -0.39 is 0 Å². The van der Waals surface area contributed by atoms with Gasteiger partial charge in [-0.3, -0.25) is 4.79 Å². The van der Waals surface area contributed by atoms with Gasteiger partial charge in [0.05, 0.1) is 11.9 Å². The van der Waals surface area contributed by atoms with Crippen molar-refractivity contribution in [3.63, 3.8) is 0 Å². The van der Waals surface area contributed by atoms with Gasteiger partial charge >= 0.3 is 0 Å². The second-order valence-corrected chi connectivity index (χ2v) is 8.09. The minimum absolute atomic E-state index is 0.0823. The van der Waals surface area contributed by atoms with Gasteiger partial charge in [0.15, 0.2) is 0 Å². The van der Waals surface area contributed by atoms with Gasteiger partial charge in [-0.15, -0.1) is 0 Å². The molecule has 6 heteroatoms. The van der Waals surface area contributed by atoms with Crippen molar-refractivity contribution in [3.8, 4) is 11.6 Å². The molecule has 6 nitrogen and oxygen atoms in total. The summed E-state index contributed by atoms with van der Waals surface area (Å²) < 4.78 is 5.61. The van der Waals surface area contributed by atoms with Crippen molar-refractivity contribution in [1.29, 1.82) is 0 Å². The molecule has 1 saturated carbocycles. The molecule has 1 aliphatic rings. The lowest BCUT2D eigenvalue weighted by molar-refractivity contribution is -0.118. The van der Waals surface area contributed by atoms with Crippen molar-refractivity contribution in [2.75, 3.05) is 11.1 Å². The van der Waals surface area contributed by atoms with Crippen LogP contribution in [-0.2, 0) is 9.59 Å². The summed E-state index contributed by atoms with van der Waals surface area (Å²) in [7, 11) is 0. The van der Waals surface area contributed by atoms with Crippen LogP contribution in [0, 0.1) is 17.3 Å². The fraction of sp³-hybridized carbons (Fsp3) is 0.458. The zero-order valence-electron chi connectivity index (χ0n) is 18.9. The molecule has 1 amide bonds. The fourth-order valence-corrected chi connectivity index (χ4v) is 2.52. The summed E-state index contributed by atoms with van der Waals surface area (Å²) >= 11 is 0. The second kappa shape index (κ2) is 12.0. The summed E-state index contributed by atoms with van der Waals surface area (Å²) in [5.41, 5.74) is 7.07. The molecule has 164 valence electrons. The zero-order valence-corrected chi connectivity index (χ0v) is 18.9. The number of pyridine rings is 1. The molecule has 1 atom stereocenters. The van der Waals surface area contributed by atoms with E-state index in [0.717, 1.165) is 18.4 Å². The van der Waals surface area contributed by atoms with Gasteiger partial charge in [0.25, 0.3) is 0 Å². The van der Waals surface area contributed by atoms with Crippen molar-refractivity contribution in [2.24, 2.45) is 17.3 Å². The Balaban J connectivity index is 0.000000487. The van der Waals surface area contributed by atoms with Crippen LogP contribution in [-0.4, -0.2) is 17.2 Å². The number of nitrogens with zero attached hydrogens (tertiary/aromatic N) is 1. The Morgan fingerprint density at radius 3 is 2.23 bits per heavy atom. The average Bonchev–Trinajstić information content (AvgIpc) is 3.36. The normalized spacial score (nSPS) is 15.6. The first-order valence-electron chi connectivity index (χ1n) is 10.4. The molecule has 0 saturated heterocycles. The minimum atomic E-state index is 0.0823. The van der Waals surface area contributed by atoms with Crippen LogP contribution in [0.5, 0.6) is 11.6 Å². The number of carbonyl (C=O) groups excluding carboxylic acids is 2. The first kappa shape index (κ1) is 25.1. The Morgan fingerprint density at radius 1 is 1.23 bits per heavy atom. The molecule has 1 aliphatic carbocycles. The monoisotopic (exact) mass is 413 g/mol. The molecule has 30 heavy (non-hydrogen) atoms. The van der Waals surface area contributed by atoms with E-state index in [4.69, 9.17) is 10.5 Å². The molecule has 1 heterocycles. The predicted octanol–water partition coefficient (Wildman–Crippen LogP) is 5.70. The topological polar surface area (TPSA) is 94.3 Å². The largest absolute Gasteiger partial charge is 0.439 e. The third kappa shape index (κ3) is 8.64. The first-order valence-corrected chi connectivity index (χ1v) is 10.4. The van der Waals surface area contributed by atoms with E-state index >= 15 is 0 Å². The summed E-state index contributed by atoms with van der Waals surface area (Å²) in [6, 6.07) is 10.7. The maximum absolute atomic E-state index is 12.0. The molecule has 1 fully saturated rings. The van der Waals surface area contributed by atoms with Crippen LogP contribution >= 0.6 is 0 Å². The molecule has 0 bridgehead atoms. The minimum Gasteiger partial charge on any atom is -0.439 e. The SMILES string of the molecule is CC.CC(C)CC=O.CC1(C)CC1C(=O)Nc1ccc(Oc2ccc(N)cn2)cc1.